The molecule has 1 amide bonds. The lowest BCUT2D eigenvalue weighted by Crippen LogP contribution is -2.37. The summed E-state index contributed by atoms with van der Waals surface area (Å²) in [6, 6.07) is 7.89. The van der Waals surface area contributed by atoms with Gasteiger partial charge in [-0.3, -0.25) is 9.48 Å². The fraction of sp³-hybridized carbons (Fsp3) is 0.429. The number of hydrogen-bond acceptors (Lipinski definition) is 5. The molecule has 1 aliphatic rings. The van der Waals surface area contributed by atoms with E-state index in [9.17, 15) is 4.79 Å². The number of fused-ring (bicyclic) bond motifs is 1. The minimum absolute atomic E-state index is 0.101. The van der Waals surface area contributed by atoms with Crippen molar-refractivity contribution in [2.24, 2.45) is 7.05 Å². The highest BCUT2D eigenvalue weighted by atomic mass is 16.5. The minimum atomic E-state index is 0.101. The molecule has 0 atom stereocenters. The quantitative estimate of drug-likeness (QED) is 0.664. The van der Waals surface area contributed by atoms with E-state index in [1.165, 1.54) is 0 Å². The second-order valence-electron chi connectivity index (χ2n) is 7.65. The Kier molecular flexibility index (Phi) is 5.08. The molecule has 8 heteroatoms. The van der Waals surface area contributed by atoms with Crippen molar-refractivity contribution in [3.63, 3.8) is 0 Å². The maximum absolute atomic E-state index is 13.0. The Morgan fingerprint density at radius 3 is 2.90 bits per heavy atom. The van der Waals surface area contributed by atoms with Gasteiger partial charge >= 0.3 is 0 Å². The summed E-state index contributed by atoms with van der Waals surface area (Å²) in [6.07, 6.45) is 2.86. The second-order valence-corrected chi connectivity index (χ2v) is 7.65. The Bertz CT molecular complexity index is 1040. The maximum Gasteiger partial charge on any atom is 0.227 e. The Balaban J connectivity index is 1.59. The van der Waals surface area contributed by atoms with Crippen LogP contribution in [0, 0.1) is 0 Å². The Morgan fingerprint density at radius 1 is 1.31 bits per heavy atom. The minimum Gasteiger partial charge on any atom is -0.497 e. The first-order valence-electron chi connectivity index (χ1n) is 9.83. The predicted octanol–water partition coefficient (Wildman–Crippen LogP) is 2.40. The molecule has 3 heterocycles. The first-order valence-corrected chi connectivity index (χ1v) is 9.83. The molecule has 0 spiro atoms. The number of benzene rings is 1. The summed E-state index contributed by atoms with van der Waals surface area (Å²) >= 11 is 0. The van der Waals surface area contributed by atoms with Gasteiger partial charge in [0.15, 0.2) is 5.82 Å². The summed E-state index contributed by atoms with van der Waals surface area (Å²) in [4.78, 5) is 14.9. The lowest BCUT2D eigenvalue weighted by atomic mass is 10.0. The van der Waals surface area contributed by atoms with E-state index in [1.807, 2.05) is 45.5 Å². The molecule has 0 N–H and O–H groups in total. The van der Waals surface area contributed by atoms with Crippen LogP contribution in [0.4, 0.5) is 0 Å². The molecule has 2 aromatic heterocycles. The lowest BCUT2D eigenvalue weighted by molar-refractivity contribution is -0.131. The van der Waals surface area contributed by atoms with Crippen LogP contribution in [-0.4, -0.2) is 49.0 Å². The summed E-state index contributed by atoms with van der Waals surface area (Å²) in [5.74, 6) is 1.61. The first kappa shape index (κ1) is 19.2. The molecule has 0 saturated carbocycles. The van der Waals surface area contributed by atoms with Crippen molar-refractivity contribution in [3.8, 4) is 17.3 Å². The van der Waals surface area contributed by atoms with Crippen molar-refractivity contribution in [1.29, 1.82) is 0 Å². The van der Waals surface area contributed by atoms with E-state index in [0.29, 0.717) is 19.5 Å². The summed E-state index contributed by atoms with van der Waals surface area (Å²) in [6.45, 7) is 5.40. The number of methoxy groups -OCH3 is 1. The van der Waals surface area contributed by atoms with Crippen LogP contribution >= 0.6 is 0 Å². The van der Waals surface area contributed by atoms with E-state index in [4.69, 9.17) is 9.84 Å². The normalized spacial score (nSPS) is 13.6. The molecule has 1 aliphatic heterocycles. The van der Waals surface area contributed by atoms with Gasteiger partial charge in [0.2, 0.25) is 5.91 Å². The average molecular weight is 394 g/mol. The van der Waals surface area contributed by atoms with Crippen LogP contribution in [0.2, 0.25) is 0 Å². The van der Waals surface area contributed by atoms with Gasteiger partial charge in [-0.25, -0.2) is 0 Å². The van der Waals surface area contributed by atoms with E-state index in [0.717, 1.165) is 40.5 Å². The van der Waals surface area contributed by atoms with Gasteiger partial charge in [-0.15, -0.1) is 10.2 Å². The van der Waals surface area contributed by atoms with Crippen molar-refractivity contribution < 1.29 is 9.53 Å². The number of carbonyl (C=O) groups excluding carboxylic acids is 1. The maximum atomic E-state index is 13.0. The highest BCUT2D eigenvalue weighted by Crippen LogP contribution is 2.30. The SMILES string of the molecule is COc1cccc(CC(=O)N2CCc3c(c(-c4nncn4C(C)C)nn3C)C2)c1. The second kappa shape index (κ2) is 7.69. The van der Waals surface area contributed by atoms with Crippen LogP contribution < -0.4 is 4.74 Å². The van der Waals surface area contributed by atoms with Crippen LogP contribution in [0.1, 0.15) is 36.7 Å². The molecule has 0 saturated heterocycles. The number of rotatable bonds is 5. The summed E-state index contributed by atoms with van der Waals surface area (Å²) in [5.41, 5.74) is 3.98. The number of ether oxygens (including phenoxy) is 1. The highest BCUT2D eigenvalue weighted by molar-refractivity contribution is 5.79. The predicted molar refractivity (Wildman–Crippen MR) is 108 cm³/mol. The van der Waals surface area contributed by atoms with Gasteiger partial charge < -0.3 is 14.2 Å². The van der Waals surface area contributed by atoms with Crippen molar-refractivity contribution >= 4 is 5.91 Å². The third-order valence-electron chi connectivity index (χ3n) is 5.43. The van der Waals surface area contributed by atoms with Crippen LogP contribution in [-0.2, 0) is 31.2 Å². The van der Waals surface area contributed by atoms with E-state index in [-0.39, 0.29) is 11.9 Å². The summed E-state index contributed by atoms with van der Waals surface area (Å²) < 4.78 is 9.19. The third-order valence-corrected chi connectivity index (χ3v) is 5.43. The Labute approximate surface area is 170 Å². The monoisotopic (exact) mass is 394 g/mol. The zero-order valence-corrected chi connectivity index (χ0v) is 17.3. The number of aryl methyl sites for hydroxylation is 1. The number of aromatic nitrogens is 5. The fourth-order valence-electron chi connectivity index (χ4n) is 3.84. The van der Waals surface area contributed by atoms with Crippen molar-refractivity contribution in [2.75, 3.05) is 13.7 Å². The smallest absolute Gasteiger partial charge is 0.227 e. The van der Waals surface area contributed by atoms with E-state index in [2.05, 4.69) is 24.0 Å². The molecule has 0 aliphatic carbocycles. The standard InChI is InChI=1S/C21H26N6O2/c1-14(2)27-13-22-23-21(27)20-17-12-26(9-8-18(17)25(3)24-20)19(28)11-15-6-5-7-16(10-15)29-4/h5-7,10,13-14H,8-9,11-12H2,1-4H3. The Morgan fingerprint density at radius 2 is 2.14 bits per heavy atom. The Hall–Kier alpha value is -3.16. The van der Waals surface area contributed by atoms with Crippen LogP contribution in [0.5, 0.6) is 5.75 Å². The fourth-order valence-corrected chi connectivity index (χ4v) is 3.84. The number of carbonyl (C=O) groups is 1. The highest BCUT2D eigenvalue weighted by Gasteiger charge is 2.29. The molecule has 152 valence electrons. The zero-order valence-electron chi connectivity index (χ0n) is 17.3. The largest absolute Gasteiger partial charge is 0.497 e. The lowest BCUT2D eigenvalue weighted by Gasteiger charge is -2.28. The van der Waals surface area contributed by atoms with E-state index < -0.39 is 0 Å². The van der Waals surface area contributed by atoms with Gasteiger partial charge in [0, 0.05) is 43.9 Å². The first-order chi connectivity index (χ1) is 14.0. The van der Waals surface area contributed by atoms with Crippen LogP contribution in [0.25, 0.3) is 11.5 Å². The molecule has 4 rings (SSSR count). The van der Waals surface area contributed by atoms with Crippen LogP contribution in [0.15, 0.2) is 30.6 Å². The molecule has 0 radical (unpaired) electrons. The zero-order chi connectivity index (χ0) is 20.5. The van der Waals surface area contributed by atoms with Gasteiger partial charge in [0.25, 0.3) is 0 Å². The number of hydrogen-bond donors (Lipinski definition) is 0. The molecule has 1 aromatic carbocycles. The molecule has 29 heavy (non-hydrogen) atoms. The van der Waals surface area contributed by atoms with Gasteiger partial charge in [-0.1, -0.05) is 12.1 Å². The van der Waals surface area contributed by atoms with E-state index >= 15 is 0 Å². The molecular weight excluding hydrogens is 368 g/mol. The summed E-state index contributed by atoms with van der Waals surface area (Å²) in [7, 11) is 3.58. The number of nitrogens with zero attached hydrogens (tertiary/aromatic N) is 6. The molecule has 0 fully saturated rings. The van der Waals surface area contributed by atoms with Crippen molar-refractivity contribution in [3.05, 3.63) is 47.4 Å². The van der Waals surface area contributed by atoms with Crippen molar-refractivity contribution in [2.45, 2.75) is 39.3 Å². The van der Waals surface area contributed by atoms with Gasteiger partial charge in [0.05, 0.1) is 13.5 Å². The summed E-state index contributed by atoms with van der Waals surface area (Å²) in [5, 5.41) is 13.1. The van der Waals surface area contributed by atoms with Crippen molar-refractivity contribution in [1.82, 2.24) is 29.4 Å². The van der Waals surface area contributed by atoms with Gasteiger partial charge in [-0.2, -0.15) is 5.10 Å². The van der Waals surface area contributed by atoms with Crippen LogP contribution in [0.3, 0.4) is 0 Å². The molecule has 3 aromatic rings. The topological polar surface area (TPSA) is 78.1 Å². The third kappa shape index (κ3) is 3.62. The average Bonchev–Trinajstić information content (AvgIpc) is 3.32. The molecule has 8 nitrogen and oxygen atoms in total. The molecule has 0 unspecified atom stereocenters. The van der Waals surface area contributed by atoms with E-state index in [1.54, 1.807) is 13.4 Å². The molecular formula is C21H26N6O2. The molecule has 0 bridgehead atoms. The van der Waals surface area contributed by atoms with Gasteiger partial charge in [-0.05, 0) is 31.5 Å². The van der Waals surface area contributed by atoms with Gasteiger partial charge in [0.1, 0.15) is 17.8 Å². The number of amides is 1.